The molecule has 3 heteroatoms. The Labute approximate surface area is 105 Å². The lowest BCUT2D eigenvalue weighted by molar-refractivity contribution is 0.0934. The number of benzene rings is 1. The molecule has 0 bridgehead atoms. The monoisotopic (exact) mass is 243 g/mol. The quantitative estimate of drug-likeness (QED) is 0.807. The van der Waals surface area contributed by atoms with Gasteiger partial charge in [-0.3, -0.25) is 4.79 Å². The van der Waals surface area contributed by atoms with E-state index in [1.807, 2.05) is 30.3 Å². The molecule has 0 saturated heterocycles. The maximum absolute atomic E-state index is 12.0. The second-order valence-electron chi connectivity index (χ2n) is 4.37. The highest BCUT2D eigenvalue weighted by molar-refractivity contribution is 7.20. The Morgan fingerprint density at radius 1 is 1.41 bits per heavy atom. The summed E-state index contributed by atoms with van der Waals surface area (Å²) in [4.78, 5) is 12.7. The van der Waals surface area contributed by atoms with Crippen molar-refractivity contribution in [3.63, 3.8) is 0 Å². The molecule has 1 N–H and O–H groups in total. The minimum Gasteiger partial charge on any atom is -0.336 e. The molecule has 17 heavy (non-hydrogen) atoms. The number of hydrogen-bond donors (Lipinski definition) is 1. The molecule has 1 aromatic carbocycles. The van der Waals surface area contributed by atoms with E-state index in [-0.39, 0.29) is 5.91 Å². The van der Waals surface area contributed by atoms with Crippen LogP contribution in [0.25, 0.3) is 10.1 Å². The summed E-state index contributed by atoms with van der Waals surface area (Å²) >= 11 is 1.48. The van der Waals surface area contributed by atoms with Crippen molar-refractivity contribution in [1.82, 2.24) is 5.32 Å². The zero-order chi connectivity index (χ0) is 12.5. The third-order valence-corrected chi connectivity index (χ3v) is 3.55. The Bertz CT molecular complexity index is 571. The van der Waals surface area contributed by atoms with E-state index in [1.165, 1.54) is 11.3 Å². The van der Waals surface area contributed by atoms with Crippen LogP contribution in [0.5, 0.6) is 0 Å². The van der Waals surface area contributed by atoms with Gasteiger partial charge in [0.2, 0.25) is 0 Å². The van der Waals surface area contributed by atoms with Gasteiger partial charge in [0.05, 0.1) is 10.4 Å². The molecule has 86 valence electrons. The zero-order valence-electron chi connectivity index (χ0n) is 9.78. The van der Waals surface area contributed by atoms with Crippen molar-refractivity contribution in [2.24, 2.45) is 0 Å². The first-order valence-electron chi connectivity index (χ1n) is 5.31. The van der Waals surface area contributed by atoms with E-state index in [4.69, 9.17) is 6.42 Å². The summed E-state index contributed by atoms with van der Waals surface area (Å²) in [5, 5.41) is 3.90. The number of hydrogen-bond acceptors (Lipinski definition) is 2. The number of amides is 1. The second-order valence-corrected chi connectivity index (χ2v) is 5.46. The van der Waals surface area contributed by atoms with Crippen LogP contribution in [0.1, 0.15) is 23.5 Å². The summed E-state index contributed by atoms with van der Waals surface area (Å²) in [6.45, 7) is 3.61. The SMILES string of the molecule is C#CC(C)(C)NC(=O)c1cc2ccccc2s1. The van der Waals surface area contributed by atoms with Crippen LogP contribution in [0.4, 0.5) is 0 Å². The molecule has 0 unspecified atom stereocenters. The van der Waals surface area contributed by atoms with Gasteiger partial charge in [-0.2, -0.15) is 0 Å². The van der Waals surface area contributed by atoms with Crippen molar-refractivity contribution in [3.8, 4) is 12.3 Å². The minimum atomic E-state index is -0.618. The van der Waals surface area contributed by atoms with Crippen molar-refractivity contribution in [2.45, 2.75) is 19.4 Å². The van der Waals surface area contributed by atoms with Crippen LogP contribution in [0.3, 0.4) is 0 Å². The number of fused-ring (bicyclic) bond motifs is 1. The predicted molar refractivity (Wildman–Crippen MR) is 72.2 cm³/mol. The molecule has 0 radical (unpaired) electrons. The fourth-order valence-corrected chi connectivity index (χ4v) is 2.43. The van der Waals surface area contributed by atoms with E-state index in [0.717, 1.165) is 10.1 Å². The molecule has 0 spiro atoms. The molecule has 2 rings (SSSR count). The molecule has 0 atom stereocenters. The van der Waals surface area contributed by atoms with Crippen LogP contribution in [0.15, 0.2) is 30.3 Å². The maximum atomic E-state index is 12.0. The van der Waals surface area contributed by atoms with Crippen molar-refractivity contribution in [2.75, 3.05) is 0 Å². The van der Waals surface area contributed by atoms with Crippen LogP contribution in [0.2, 0.25) is 0 Å². The van der Waals surface area contributed by atoms with Crippen LogP contribution in [-0.2, 0) is 0 Å². The first-order valence-corrected chi connectivity index (χ1v) is 6.12. The molecule has 0 saturated carbocycles. The van der Waals surface area contributed by atoms with Crippen molar-refractivity contribution < 1.29 is 4.79 Å². The molecule has 0 aliphatic rings. The molecule has 2 nitrogen and oxygen atoms in total. The van der Waals surface area contributed by atoms with E-state index in [1.54, 1.807) is 13.8 Å². The summed E-state index contributed by atoms with van der Waals surface area (Å²) in [7, 11) is 0. The van der Waals surface area contributed by atoms with Crippen molar-refractivity contribution >= 4 is 27.3 Å². The molecule has 1 heterocycles. The summed E-state index contributed by atoms with van der Waals surface area (Å²) in [5.41, 5.74) is -0.618. The topological polar surface area (TPSA) is 29.1 Å². The van der Waals surface area contributed by atoms with Gasteiger partial charge < -0.3 is 5.32 Å². The van der Waals surface area contributed by atoms with Gasteiger partial charge in [0, 0.05) is 4.70 Å². The van der Waals surface area contributed by atoms with Gasteiger partial charge in [-0.1, -0.05) is 24.1 Å². The molecular formula is C14H13NOS. The predicted octanol–water partition coefficient (Wildman–Crippen LogP) is 3.04. The fourth-order valence-electron chi connectivity index (χ4n) is 1.48. The van der Waals surface area contributed by atoms with Gasteiger partial charge in [-0.25, -0.2) is 0 Å². The Morgan fingerprint density at radius 3 is 2.76 bits per heavy atom. The highest BCUT2D eigenvalue weighted by Gasteiger charge is 2.19. The Kier molecular flexibility index (Phi) is 2.91. The number of carbonyl (C=O) groups is 1. The summed E-state index contributed by atoms with van der Waals surface area (Å²) in [6, 6.07) is 9.81. The molecule has 1 amide bonds. The average molecular weight is 243 g/mol. The molecule has 2 aromatic rings. The van der Waals surface area contributed by atoms with E-state index in [0.29, 0.717) is 4.88 Å². The lowest BCUT2D eigenvalue weighted by atomic mass is 10.1. The lowest BCUT2D eigenvalue weighted by Crippen LogP contribution is -2.41. The molecule has 0 aliphatic carbocycles. The highest BCUT2D eigenvalue weighted by atomic mass is 32.1. The van der Waals surface area contributed by atoms with Crippen molar-refractivity contribution in [3.05, 3.63) is 35.2 Å². The Balaban J connectivity index is 2.29. The van der Waals surface area contributed by atoms with Gasteiger partial charge in [-0.15, -0.1) is 17.8 Å². The van der Waals surface area contributed by atoms with E-state index in [9.17, 15) is 4.79 Å². The number of rotatable bonds is 2. The fraction of sp³-hybridized carbons (Fsp3) is 0.214. The standard InChI is InChI=1S/C14H13NOS/c1-4-14(2,3)15-13(16)12-9-10-7-5-6-8-11(10)17-12/h1,5-9H,2-3H3,(H,15,16). The number of terminal acetylenes is 1. The van der Waals surface area contributed by atoms with E-state index >= 15 is 0 Å². The van der Waals surface area contributed by atoms with Crippen molar-refractivity contribution in [1.29, 1.82) is 0 Å². The van der Waals surface area contributed by atoms with Crippen LogP contribution < -0.4 is 5.32 Å². The Hall–Kier alpha value is -1.79. The third-order valence-electron chi connectivity index (χ3n) is 2.44. The van der Waals surface area contributed by atoms with Crippen LogP contribution in [-0.4, -0.2) is 11.4 Å². The van der Waals surface area contributed by atoms with Gasteiger partial charge in [-0.05, 0) is 31.4 Å². The summed E-state index contributed by atoms with van der Waals surface area (Å²) in [5.74, 6) is 2.43. The molecule has 1 aromatic heterocycles. The minimum absolute atomic E-state index is 0.117. The van der Waals surface area contributed by atoms with Gasteiger partial charge in [0.15, 0.2) is 0 Å². The van der Waals surface area contributed by atoms with Gasteiger partial charge in [0.25, 0.3) is 5.91 Å². The normalized spacial score (nSPS) is 11.1. The Morgan fingerprint density at radius 2 is 2.12 bits per heavy atom. The summed E-state index contributed by atoms with van der Waals surface area (Å²) < 4.78 is 1.11. The smallest absolute Gasteiger partial charge is 0.262 e. The first kappa shape index (κ1) is 11.7. The summed E-state index contributed by atoms with van der Waals surface area (Å²) in [6.07, 6.45) is 5.35. The highest BCUT2D eigenvalue weighted by Crippen LogP contribution is 2.25. The van der Waals surface area contributed by atoms with Gasteiger partial charge in [0.1, 0.15) is 0 Å². The average Bonchev–Trinajstić information content (AvgIpc) is 2.72. The number of nitrogens with one attached hydrogen (secondary N) is 1. The van der Waals surface area contributed by atoms with E-state index < -0.39 is 5.54 Å². The second kappa shape index (κ2) is 4.23. The van der Waals surface area contributed by atoms with Crippen LogP contribution in [0, 0.1) is 12.3 Å². The first-order chi connectivity index (χ1) is 8.02. The third kappa shape index (κ3) is 2.48. The zero-order valence-corrected chi connectivity index (χ0v) is 10.6. The number of thiophene rings is 1. The maximum Gasteiger partial charge on any atom is 0.262 e. The van der Waals surface area contributed by atoms with Crippen LogP contribution >= 0.6 is 11.3 Å². The largest absolute Gasteiger partial charge is 0.336 e. The molecule has 0 fully saturated rings. The van der Waals surface area contributed by atoms with E-state index in [2.05, 4.69) is 11.2 Å². The van der Waals surface area contributed by atoms with Gasteiger partial charge >= 0.3 is 0 Å². The number of carbonyl (C=O) groups excluding carboxylic acids is 1. The lowest BCUT2D eigenvalue weighted by Gasteiger charge is -2.18. The molecular weight excluding hydrogens is 230 g/mol. The molecule has 0 aliphatic heterocycles.